The topological polar surface area (TPSA) is 57.5 Å². The number of hydrogen-bond acceptors (Lipinski definition) is 2. The van der Waals surface area contributed by atoms with Crippen molar-refractivity contribution in [1.82, 2.24) is 0 Å². The minimum Gasteiger partial charge on any atom is -0.345 e. The zero-order valence-electron chi connectivity index (χ0n) is 8.46. The molecule has 0 amide bonds. The lowest BCUT2D eigenvalue weighted by Crippen LogP contribution is -1.89. The number of aliphatic hydroxyl groups excluding tert-OH is 1. The van der Waals surface area contributed by atoms with Crippen molar-refractivity contribution in [2.75, 3.05) is 0 Å². The Morgan fingerprint density at radius 2 is 1.29 bits per heavy atom. The lowest BCUT2D eigenvalue weighted by atomic mass is 10.2. The SMILES string of the molecule is Cl.Cl.Cl.Cl.Cl.O=[P+](O)C(O)c1ccccc1.P. The summed E-state index contributed by atoms with van der Waals surface area (Å²) in [5.74, 6) is -1.26. The summed E-state index contributed by atoms with van der Waals surface area (Å²) in [6.07, 6.45) is 0. The minimum absolute atomic E-state index is 0. The number of rotatable bonds is 2. The van der Waals surface area contributed by atoms with Crippen LogP contribution >= 0.6 is 80.0 Å². The van der Waals surface area contributed by atoms with Gasteiger partial charge in [0.2, 0.25) is 0 Å². The van der Waals surface area contributed by atoms with E-state index < -0.39 is 13.9 Å². The second kappa shape index (κ2) is 19.5. The molecule has 0 spiro atoms. The van der Waals surface area contributed by atoms with Crippen molar-refractivity contribution in [3.63, 3.8) is 0 Å². The van der Waals surface area contributed by atoms with Crippen LogP contribution in [0, 0.1) is 0 Å². The van der Waals surface area contributed by atoms with Gasteiger partial charge in [-0.1, -0.05) is 30.3 Å². The van der Waals surface area contributed by atoms with Crippen LogP contribution in [-0.4, -0.2) is 10.00 Å². The maximum Gasteiger partial charge on any atom is 0.542 e. The Labute approximate surface area is 136 Å². The quantitative estimate of drug-likeness (QED) is 0.763. The van der Waals surface area contributed by atoms with Gasteiger partial charge in [0.15, 0.2) is 0 Å². The molecule has 0 aliphatic rings. The van der Waals surface area contributed by atoms with Crippen LogP contribution < -0.4 is 0 Å². The Bertz CT molecular complexity index is 265. The van der Waals surface area contributed by atoms with Gasteiger partial charge >= 0.3 is 13.9 Å². The third-order valence-electron chi connectivity index (χ3n) is 1.31. The van der Waals surface area contributed by atoms with E-state index in [0.717, 1.165) is 0 Å². The third-order valence-corrected chi connectivity index (χ3v) is 2.02. The smallest absolute Gasteiger partial charge is 0.345 e. The van der Waals surface area contributed by atoms with Gasteiger partial charge in [0.25, 0.3) is 0 Å². The first-order chi connectivity index (χ1) is 5.22. The van der Waals surface area contributed by atoms with Crippen LogP contribution in [0.5, 0.6) is 0 Å². The van der Waals surface area contributed by atoms with Crippen molar-refractivity contribution >= 4 is 80.0 Å². The third kappa shape index (κ3) is 13.4. The number of aliphatic hydroxyl groups is 1. The maximum atomic E-state index is 10.4. The lowest BCUT2D eigenvalue weighted by molar-refractivity contribution is 0.243. The van der Waals surface area contributed by atoms with Crippen molar-refractivity contribution in [3.8, 4) is 0 Å². The zero-order valence-corrected chi connectivity index (χ0v) is 14.9. The summed E-state index contributed by atoms with van der Waals surface area (Å²) in [6, 6.07) is 8.40. The van der Waals surface area contributed by atoms with E-state index in [1.165, 1.54) is 0 Å². The van der Waals surface area contributed by atoms with Gasteiger partial charge in [0.05, 0.1) is 0 Å². The number of hydrogen-bond donors (Lipinski definition) is 2. The number of halogens is 5. The highest BCUT2D eigenvalue weighted by atomic mass is 35.5. The van der Waals surface area contributed by atoms with Crippen LogP contribution in [0.25, 0.3) is 0 Å². The van der Waals surface area contributed by atoms with Gasteiger partial charge in [-0.15, -0.1) is 62.0 Å². The Morgan fingerprint density at radius 1 is 0.941 bits per heavy atom. The maximum absolute atomic E-state index is 10.4. The molecule has 2 N–H and O–H groups in total. The van der Waals surface area contributed by atoms with E-state index in [-0.39, 0.29) is 71.9 Å². The molecule has 0 radical (unpaired) electrons. The molecule has 10 heteroatoms. The Hall–Kier alpha value is 1.12. The molecule has 0 aliphatic heterocycles. The van der Waals surface area contributed by atoms with Gasteiger partial charge in [-0.25, -0.2) is 0 Å². The number of benzene rings is 1. The molecule has 3 atom stereocenters. The molecule has 0 fully saturated rings. The van der Waals surface area contributed by atoms with E-state index in [4.69, 9.17) is 10.00 Å². The first-order valence-corrected chi connectivity index (χ1v) is 4.38. The van der Waals surface area contributed by atoms with Crippen molar-refractivity contribution in [3.05, 3.63) is 35.9 Å². The molecule has 1 rings (SSSR count). The second-order valence-electron chi connectivity index (χ2n) is 2.09. The van der Waals surface area contributed by atoms with Gasteiger partial charge in [0, 0.05) is 5.56 Å². The zero-order chi connectivity index (χ0) is 8.27. The van der Waals surface area contributed by atoms with E-state index in [1.54, 1.807) is 30.3 Å². The highest BCUT2D eigenvalue weighted by molar-refractivity contribution is 7.38. The normalized spacial score (nSPS) is 9.18. The van der Waals surface area contributed by atoms with E-state index in [2.05, 4.69) is 0 Å². The summed E-state index contributed by atoms with van der Waals surface area (Å²) in [5.41, 5.74) is 0.469. The monoisotopic (exact) mass is 385 g/mol. The molecular formula is C7H16Cl5O3P2+. The van der Waals surface area contributed by atoms with Crippen LogP contribution in [0.2, 0.25) is 0 Å². The molecule has 1 aromatic carbocycles. The fourth-order valence-electron chi connectivity index (χ4n) is 0.753. The minimum atomic E-state index is -2.53. The average Bonchev–Trinajstić information content (AvgIpc) is 2.05. The molecule has 0 saturated carbocycles. The molecule has 0 bridgehead atoms. The summed E-state index contributed by atoms with van der Waals surface area (Å²) in [7, 11) is -2.53. The second-order valence-corrected chi connectivity index (χ2v) is 3.18. The summed E-state index contributed by atoms with van der Waals surface area (Å²) in [5, 5.41) is 9.06. The molecule has 3 nitrogen and oxygen atoms in total. The van der Waals surface area contributed by atoms with Crippen molar-refractivity contribution in [1.29, 1.82) is 0 Å². The van der Waals surface area contributed by atoms with Crippen molar-refractivity contribution in [2.24, 2.45) is 0 Å². The van der Waals surface area contributed by atoms with E-state index in [1.807, 2.05) is 0 Å². The van der Waals surface area contributed by atoms with Crippen LogP contribution in [0.15, 0.2) is 30.3 Å². The first kappa shape index (κ1) is 36.2. The molecule has 3 unspecified atom stereocenters. The standard InChI is InChI=1S/C7H7O3P.5ClH.H3P/c8-7(11(9)10)6-4-2-1-3-5-6;;;;;;/h1-5,7-8H;5*1H;1H3/p+1. The van der Waals surface area contributed by atoms with Gasteiger partial charge in [-0.2, -0.15) is 14.8 Å². The summed E-state index contributed by atoms with van der Waals surface area (Å²) in [4.78, 5) is 8.53. The molecule has 0 aliphatic carbocycles. The van der Waals surface area contributed by atoms with Crippen LogP contribution in [0.4, 0.5) is 0 Å². The van der Waals surface area contributed by atoms with Gasteiger partial charge in [-0.3, -0.25) is 0 Å². The van der Waals surface area contributed by atoms with Crippen LogP contribution in [0.1, 0.15) is 11.4 Å². The Morgan fingerprint density at radius 3 is 1.59 bits per heavy atom. The summed E-state index contributed by atoms with van der Waals surface area (Å²) >= 11 is 0. The van der Waals surface area contributed by atoms with Gasteiger partial charge in [0.1, 0.15) is 0 Å². The molecule has 0 saturated heterocycles. The van der Waals surface area contributed by atoms with Crippen LogP contribution in [0.3, 0.4) is 0 Å². The fraction of sp³-hybridized carbons (Fsp3) is 0.143. The van der Waals surface area contributed by atoms with Crippen molar-refractivity contribution < 1.29 is 14.6 Å². The molecule has 106 valence electrons. The highest BCUT2D eigenvalue weighted by Gasteiger charge is 2.27. The Kier molecular flexibility index (Phi) is 41.4. The van der Waals surface area contributed by atoms with Gasteiger partial charge in [-0.05, 0) is 4.57 Å². The predicted molar refractivity (Wildman–Crippen MR) is 88.6 cm³/mol. The molecule has 0 aromatic heterocycles. The molecular weight excluding hydrogens is 371 g/mol. The van der Waals surface area contributed by atoms with Crippen molar-refractivity contribution in [2.45, 2.75) is 5.85 Å². The van der Waals surface area contributed by atoms with E-state index >= 15 is 0 Å². The average molecular weight is 387 g/mol. The van der Waals surface area contributed by atoms with Crippen LogP contribution in [-0.2, 0) is 4.57 Å². The Balaban J connectivity index is -0.0000000504. The molecule has 0 heterocycles. The molecule has 17 heavy (non-hydrogen) atoms. The largest absolute Gasteiger partial charge is 0.542 e. The molecule has 1 aromatic rings. The predicted octanol–water partition coefficient (Wildman–Crippen LogP) is 3.58. The highest BCUT2D eigenvalue weighted by Crippen LogP contribution is 2.34. The summed E-state index contributed by atoms with van der Waals surface area (Å²) < 4.78 is 10.4. The lowest BCUT2D eigenvalue weighted by Gasteiger charge is -1.94. The van der Waals surface area contributed by atoms with E-state index in [0.29, 0.717) is 5.56 Å². The van der Waals surface area contributed by atoms with Gasteiger partial charge < -0.3 is 5.11 Å². The fourth-order valence-corrected chi connectivity index (χ4v) is 1.18. The van der Waals surface area contributed by atoms with E-state index in [9.17, 15) is 4.57 Å². The summed E-state index contributed by atoms with van der Waals surface area (Å²) in [6.45, 7) is 0. The first-order valence-electron chi connectivity index (χ1n) is 3.10.